The average Bonchev–Trinajstić information content (AvgIpc) is 1.67. The van der Waals surface area contributed by atoms with E-state index in [2.05, 4.69) is 6.92 Å². The lowest BCUT2D eigenvalue weighted by Gasteiger charge is -2.13. The van der Waals surface area contributed by atoms with Crippen molar-refractivity contribution in [3.63, 3.8) is 0 Å². The monoisotopic (exact) mass is 176 g/mol. The van der Waals surface area contributed by atoms with Crippen LogP contribution in [0.1, 0.15) is 6.42 Å². The molecule has 1 atom stereocenters. The fraction of sp³-hybridized carbons (Fsp3) is 0.500. The number of alkyl halides is 2. The molecule has 0 heterocycles. The maximum Gasteiger partial charge on any atom is 0.219 e. The standard InChI is InChI=1S/C4H4Cl3F/c1-2-4(7,8)3(5)6/h1-2H2. The fourth-order valence-corrected chi connectivity index (χ4v) is 0.283. The first-order chi connectivity index (χ1) is 3.50. The summed E-state index contributed by atoms with van der Waals surface area (Å²) in [6, 6.07) is 0. The summed E-state index contributed by atoms with van der Waals surface area (Å²) < 4.78 is 12.3. The van der Waals surface area contributed by atoms with Gasteiger partial charge in [0.05, 0.1) is 0 Å². The van der Waals surface area contributed by atoms with Crippen LogP contribution in [0.2, 0.25) is 0 Å². The predicted molar refractivity (Wildman–Crippen MR) is 34.6 cm³/mol. The molecule has 0 nitrogen and oxygen atoms in total. The Balaban J connectivity index is 3.71. The highest BCUT2D eigenvalue weighted by Gasteiger charge is 2.33. The van der Waals surface area contributed by atoms with Crippen LogP contribution in [0.25, 0.3) is 0 Å². The van der Waals surface area contributed by atoms with Crippen LogP contribution < -0.4 is 0 Å². The van der Waals surface area contributed by atoms with Crippen LogP contribution >= 0.6 is 34.8 Å². The Kier molecular flexibility index (Phi) is 3.40. The molecule has 0 rings (SSSR count). The highest BCUT2D eigenvalue weighted by atomic mass is 35.5. The molecular weight excluding hydrogens is 173 g/mol. The average molecular weight is 177 g/mol. The largest absolute Gasteiger partial charge is 0.223 e. The molecule has 0 aliphatic rings. The molecule has 1 unspecified atom stereocenters. The minimum atomic E-state index is -2.15. The van der Waals surface area contributed by atoms with Gasteiger partial charge in [0.2, 0.25) is 9.96 Å². The van der Waals surface area contributed by atoms with E-state index in [1.807, 2.05) is 0 Å². The van der Waals surface area contributed by atoms with Gasteiger partial charge in [0, 0.05) is 0 Å². The molecule has 4 heteroatoms. The van der Waals surface area contributed by atoms with Gasteiger partial charge >= 0.3 is 0 Å². The molecule has 8 heavy (non-hydrogen) atoms. The van der Waals surface area contributed by atoms with Crippen LogP contribution in [0.15, 0.2) is 0 Å². The van der Waals surface area contributed by atoms with Gasteiger partial charge in [-0.05, 0) is 13.3 Å². The van der Waals surface area contributed by atoms with E-state index in [-0.39, 0.29) is 6.42 Å². The maximum atomic E-state index is 12.3. The first-order valence-electron chi connectivity index (χ1n) is 1.86. The van der Waals surface area contributed by atoms with Crippen molar-refractivity contribution in [3.05, 3.63) is 11.8 Å². The van der Waals surface area contributed by atoms with Gasteiger partial charge in [0.15, 0.2) is 0 Å². The molecule has 0 aliphatic heterocycles. The minimum absolute atomic E-state index is 0.170. The molecule has 0 aromatic heterocycles. The molecule has 0 aromatic rings. The molecule has 0 saturated carbocycles. The van der Waals surface area contributed by atoms with Crippen LogP contribution in [0.5, 0.6) is 0 Å². The molecule has 0 aromatic carbocycles. The van der Waals surface area contributed by atoms with Gasteiger partial charge in [0.1, 0.15) is 0 Å². The zero-order chi connectivity index (χ0) is 6.78. The quantitative estimate of drug-likeness (QED) is 0.569. The first-order valence-corrected chi connectivity index (χ1v) is 2.99. The van der Waals surface area contributed by atoms with E-state index >= 15 is 0 Å². The fourth-order valence-electron chi connectivity index (χ4n) is 0.0945. The molecule has 0 fully saturated rings. The van der Waals surface area contributed by atoms with Gasteiger partial charge in [-0.3, -0.25) is 0 Å². The second-order valence-electron chi connectivity index (χ2n) is 1.21. The van der Waals surface area contributed by atoms with E-state index in [0.717, 1.165) is 0 Å². The molecule has 0 bridgehead atoms. The van der Waals surface area contributed by atoms with E-state index in [1.165, 1.54) is 0 Å². The van der Waals surface area contributed by atoms with E-state index < -0.39 is 9.96 Å². The van der Waals surface area contributed by atoms with Crippen LogP contribution in [-0.2, 0) is 0 Å². The van der Waals surface area contributed by atoms with Crippen molar-refractivity contribution in [2.75, 3.05) is 0 Å². The number of rotatable bonds is 2. The molecule has 0 aliphatic carbocycles. The Hall–Kier alpha value is 0.800. The summed E-state index contributed by atoms with van der Waals surface area (Å²) in [5.74, 6) is 0. The Morgan fingerprint density at radius 3 is 2.00 bits per heavy atom. The van der Waals surface area contributed by atoms with Crippen LogP contribution in [0.4, 0.5) is 4.39 Å². The van der Waals surface area contributed by atoms with Crippen molar-refractivity contribution in [2.24, 2.45) is 0 Å². The SMILES string of the molecule is [CH2]CC(F)(Cl)[C](Cl)Cl. The van der Waals surface area contributed by atoms with E-state index in [9.17, 15) is 4.39 Å². The highest BCUT2D eigenvalue weighted by Crippen LogP contribution is 2.37. The van der Waals surface area contributed by atoms with Gasteiger partial charge in [-0.1, -0.05) is 34.8 Å². The topological polar surface area (TPSA) is 0 Å². The van der Waals surface area contributed by atoms with Crippen molar-refractivity contribution in [1.82, 2.24) is 0 Å². The second kappa shape index (κ2) is 3.09. The van der Waals surface area contributed by atoms with Gasteiger partial charge < -0.3 is 0 Å². The van der Waals surface area contributed by atoms with Crippen molar-refractivity contribution in [2.45, 2.75) is 11.5 Å². The van der Waals surface area contributed by atoms with Gasteiger partial charge in [-0.25, -0.2) is 4.39 Å². The molecule has 0 N–H and O–H groups in total. The van der Waals surface area contributed by atoms with Crippen molar-refractivity contribution >= 4 is 34.8 Å². The summed E-state index contributed by atoms with van der Waals surface area (Å²) >= 11 is 15.0. The van der Waals surface area contributed by atoms with Gasteiger partial charge in [-0.15, -0.1) is 0 Å². The zero-order valence-electron chi connectivity index (χ0n) is 3.93. The molecule has 0 saturated heterocycles. The third-order valence-corrected chi connectivity index (χ3v) is 1.76. The molecule has 48 valence electrons. The molecule has 2 radical (unpaired) electrons. The van der Waals surface area contributed by atoms with Gasteiger partial charge in [-0.2, -0.15) is 0 Å². The van der Waals surface area contributed by atoms with Gasteiger partial charge in [0.25, 0.3) is 0 Å². The first kappa shape index (κ1) is 8.80. The summed E-state index contributed by atoms with van der Waals surface area (Å²) in [4.78, 5) is -0.492. The second-order valence-corrected chi connectivity index (χ2v) is 2.76. The number of halogens is 4. The third kappa shape index (κ3) is 2.38. The maximum absolute atomic E-state index is 12.3. The highest BCUT2D eigenvalue weighted by molar-refractivity contribution is 6.57. The van der Waals surface area contributed by atoms with Crippen LogP contribution in [0.3, 0.4) is 0 Å². The third-order valence-electron chi connectivity index (χ3n) is 0.590. The zero-order valence-corrected chi connectivity index (χ0v) is 6.19. The van der Waals surface area contributed by atoms with E-state index in [0.29, 0.717) is 0 Å². The van der Waals surface area contributed by atoms with Crippen molar-refractivity contribution < 1.29 is 4.39 Å². The Bertz CT molecular complexity index is 71.7. The molecular formula is C4H4Cl3F. The van der Waals surface area contributed by atoms with E-state index in [4.69, 9.17) is 34.8 Å². The summed E-state index contributed by atoms with van der Waals surface area (Å²) in [7, 11) is 0. The van der Waals surface area contributed by atoms with E-state index in [1.54, 1.807) is 0 Å². The lowest BCUT2D eigenvalue weighted by molar-refractivity contribution is 0.330. The predicted octanol–water partition coefficient (Wildman–Crippen LogP) is 3.08. The number of hydrogen-bond acceptors (Lipinski definition) is 0. The summed E-state index contributed by atoms with van der Waals surface area (Å²) in [5, 5.41) is -2.15. The normalized spacial score (nSPS) is 18.8. The Morgan fingerprint density at radius 1 is 1.62 bits per heavy atom. The van der Waals surface area contributed by atoms with Crippen molar-refractivity contribution in [1.29, 1.82) is 0 Å². The lowest BCUT2D eigenvalue weighted by atomic mass is 10.3. The lowest BCUT2D eigenvalue weighted by Crippen LogP contribution is -2.15. The van der Waals surface area contributed by atoms with Crippen LogP contribution in [-0.4, -0.2) is 5.13 Å². The smallest absolute Gasteiger partial charge is 0.219 e. The van der Waals surface area contributed by atoms with Crippen molar-refractivity contribution in [3.8, 4) is 0 Å². The Labute approximate surface area is 62.9 Å². The Morgan fingerprint density at radius 2 is 2.00 bits per heavy atom. The molecule has 0 amide bonds. The summed E-state index contributed by atoms with van der Waals surface area (Å²) in [5.41, 5.74) is 0. The summed E-state index contributed by atoms with van der Waals surface area (Å²) in [6.07, 6.45) is -0.170. The van der Waals surface area contributed by atoms with Crippen LogP contribution in [0, 0.1) is 11.8 Å². The number of hydrogen-bond donors (Lipinski definition) is 0. The summed E-state index contributed by atoms with van der Waals surface area (Å²) in [6.45, 7) is 3.18. The minimum Gasteiger partial charge on any atom is -0.223 e. The molecule has 0 spiro atoms.